The lowest BCUT2D eigenvalue weighted by atomic mass is 9.78. The van der Waals surface area contributed by atoms with Gasteiger partial charge in [0.1, 0.15) is 51.5 Å². The fraction of sp³-hybridized carbons (Fsp3) is 0.607. The van der Waals surface area contributed by atoms with Gasteiger partial charge in [-0.25, -0.2) is 9.78 Å². The van der Waals surface area contributed by atoms with Gasteiger partial charge in [-0.1, -0.05) is 24.8 Å². The summed E-state index contributed by atoms with van der Waals surface area (Å²) in [5.41, 5.74) is 3.11. The molecule has 2 bridgehead atoms. The number of thiazole rings is 1. The average Bonchev–Trinajstić information content (AvgIpc) is 3.43. The first-order valence-corrected chi connectivity index (χ1v) is 15.8. The number of aliphatic hydroxyl groups is 2. The quantitative estimate of drug-likeness (QED) is 0.225. The maximum atomic E-state index is 12.6. The molecule has 4 atom stereocenters. The maximum absolute atomic E-state index is 12.6. The lowest BCUT2D eigenvalue weighted by molar-refractivity contribution is -1.08. The second-order valence-electron chi connectivity index (χ2n) is 11.9. The highest BCUT2D eigenvalue weighted by Crippen LogP contribution is 2.48. The van der Waals surface area contributed by atoms with Crippen molar-refractivity contribution in [3.63, 3.8) is 0 Å². The van der Waals surface area contributed by atoms with Gasteiger partial charge in [0.15, 0.2) is 4.34 Å². The van der Waals surface area contributed by atoms with E-state index in [4.69, 9.17) is 4.98 Å². The SMILES string of the molecule is C[C@@H](O)[C@H]1C(=O)N2C(C(=O)O)=C(CSc3nc4cc(CC[N+]56CC[N+](CCO)(CC5)CC6)ccc4s3)[C@H](C)[C@H]12. The Morgan fingerprint density at radius 1 is 1.18 bits per heavy atom. The number of hydrogen-bond acceptors (Lipinski definition) is 7. The Morgan fingerprint density at radius 2 is 1.85 bits per heavy atom. The van der Waals surface area contributed by atoms with E-state index in [2.05, 4.69) is 18.2 Å². The number of carbonyl (C=O) groups is 2. The van der Waals surface area contributed by atoms with Crippen LogP contribution in [0, 0.1) is 11.8 Å². The number of hydrogen-bond donors (Lipinski definition) is 3. The number of aliphatic hydroxyl groups excluding tert-OH is 2. The van der Waals surface area contributed by atoms with Crippen LogP contribution in [0.3, 0.4) is 0 Å². The van der Waals surface area contributed by atoms with Crippen LogP contribution in [0.4, 0.5) is 0 Å². The molecule has 3 N–H and O–H groups in total. The van der Waals surface area contributed by atoms with Crippen LogP contribution < -0.4 is 0 Å². The number of nitrogens with zero attached hydrogens (tertiary/aromatic N) is 4. The summed E-state index contributed by atoms with van der Waals surface area (Å²) in [4.78, 5) is 30.9. The fourth-order valence-electron chi connectivity index (χ4n) is 7.34. The second-order valence-corrected chi connectivity index (χ2v) is 14.2. The van der Waals surface area contributed by atoms with Gasteiger partial charge >= 0.3 is 5.97 Å². The van der Waals surface area contributed by atoms with E-state index >= 15 is 0 Å². The standard InChI is InChI=1S/C28H37N4O5S2/c1-17-20(25(27(36)37)30-24(17)23(18(2)34)26(30)35)16-38-28-29-21-15-19(3-4-22(21)39-28)5-6-31-7-10-32(11-8-31,12-9-31)13-14-33/h3-4,15,17-18,23-24,33-34H,5-14,16H2,1-2H3/q+1/p+1/t17-,18+,23+,24+,31?,32?/m0/s1. The van der Waals surface area contributed by atoms with Gasteiger partial charge in [-0.2, -0.15) is 0 Å². The minimum atomic E-state index is -1.09. The lowest BCUT2D eigenvalue weighted by Crippen LogP contribution is -2.75. The zero-order chi connectivity index (χ0) is 27.5. The summed E-state index contributed by atoms with van der Waals surface area (Å²) in [5.74, 6) is -1.58. The second kappa shape index (κ2) is 10.1. The largest absolute Gasteiger partial charge is 0.477 e. The highest BCUT2D eigenvalue weighted by molar-refractivity contribution is 8.01. The Morgan fingerprint density at radius 3 is 2.46 bits per heavy atom. The monoisotopic (exact) mass is 574 g/mol. The molecule has 11 heteroatoms. The van der Waals surface area contributed by atoms with Gasteiger partial charge in [0.25, 0.3) is 0 Å². The number of quaternary nitrogens is 2. The number of carbonyl (C=O) groups excluding carboxylic acids is 1. The highest BCUT2D eigenvalue weighted by Gasteiger charge is 2.59. The van der Waals surface area contributed by atoms with Crippen LogP contribution in [-0.2, 0) is 16.0 Å². The normalized spacial score (nSPS) is 32.6. The Balaban J connectivity index is 1.11. The molecule has 5 aliphatic heterocycles. The third-order valence-corrected chi connectivity index (χ3v) is 12.1. The third kappa shape index (κ3) is 4.61. The topological polar surface area (TPSA) is 111 Å². The van der Waals surface area contributed by atoms with E-state index in [0.717, 1.165) is 44.1 Å². The highest BCUT2D eigenvalue weighted by atomic mass is 32.2. The number of fused-ring (bicyclic) bond motifs is 5. The number of thioether (sulfide) groups is 1. The summed E-state index contributed by atoms with van der Waals surface area (Å²) in [6.45, 7) is 13.0. The summed E-state index contributed by atoms with van der Waals surface area (Å²) in [7, 11) is 0. The summed E-state index contributed by atoms with van der Waals surface area (Å²) >= 11 is 3.15. The molecule has 1 aromatic carbocycles. The molecule has 6 heterocycles. The first-order valence-electron chi connectivity index (χ1n) is 14.0. The molecule has 5 aliphatic rings. The minimum absolute atomic E-state index is 0.0839. The van der Waals surface area contributed by atoms with Gasteiger partial charge in [-0.3, -0.25) is 4.79 Å². The van der Waals surface area contributed by atoms with Crippen LogP contribution in [0.15, 0.2) is 33.8 Å². The van der Waals surface area contributed by atoms with Gasteiger partial charge in [0, 0.05) is 18.1 Å². The van der Waals surface area contributed by atoms with Crippen molar-refractivity contribution in [3.05, 3.63) is 35.0 Å². The van der Waals surface area contributed by atoms with Crippen LogP contribution in [-0.4, -0.2) is 123 Å². The van der Waals surface area contributed by atoms with Crippen molar-refractivity contribution in [2.75, 3.05) is 64.7 Å². The van der Waals surface area contributed by atoms with E-state index in [1.165, 1.54) is 66.0 Å². The van der Waals surface area contributed by atoms with E-state index in [1.807, 2.05) is 6.92 Å². The van der Waals surface area contributed by atoms with Gasteiger partial charge in [-0.05, 0) is 30.2 Å². The molecule has 39 heavy (non-hydrogen) atoms. The van der Waals surface area contributed by atoms with Gasteiger partial charge in [0.05, 0.1) is 41.4 Å². The molecule has 1 amide bonds. The molecule has 1 aromatic heterocycles. The number of rotatable bonds is 10. The van der Waals surface area contributed by atoms with Crippen LogP contribution in [0.1, 0.15) is 19.4 Å². The van der Waals surface area contributed by atoms with E-state index in [1.54, 1.807) is 18.3 Å². The Labute approximate surface area is 236 Å². The molecule has 4 fully saturated rings. The van der Waals surface area contributed by atoms with E-state index in [0.29, 0.717) is 5.75 Å². The number of benzene rings is 1. The van der Waals surface area contributed by atoms with E-state index in [-0.39, 0.29) is 30.2 Å². The zero-order valence-corrected chi connectivity index (χ0v) is 24.2. The number of amides is 1. The van der Waals surface area contributed by atoms with Crippen LogP contribution in [0.5, 0.6) is 0 Å². The van der Waals surface area contributed by atoms with E-state index in [9.17, 15) is 24.9 Å². The molecule has 4 saturated heterocycles. The lowest BCUT2D eigenvalue weighted by Gasteiger charge is -2.55. The van der Waals surface area contributed by atoms with Crippen molar-refractivity contribution in [2.24, 2.45) is 11.8 Å². The average molecular weight is 575 g/mol. The van der Waals surface area contributed by atoms with Gasteiger partial charge in [0.2, 0.25) is 5.91 Å². The summed E-state index contributed by atoms with van der Waals surface area (Å²) in [6, 6.07) is 6.28. The van der Waals surface area contributed by atoms with Crippen molar-refractivity contribution < 1.29 is 33.9 Å². The maximum Gasteiger partial charge on any atom is 0.352 e. The number of carboxylic acid groups (broad SMARTS) is 1. The molecule has 0 saturated carbocycles. The molecule has 210 valence electrons. The first kappa shape index (κ1) is 27.2. The first-order chi connectivity index (χ1) is 18.7. The number of aliphatic carboxylic acids is 1. The molecule has 0 aliphatic carbocycles. The molecule has 0 unspecified atom stereocenters. The smallest absolute Gasteiger partial charge is 0.352 e. The van der Waals surface area contributed by atoms with Crippen molar-refractivity contribution >= 4 is 45.2 Å². The number of β-lactam (4-membered cyclic amide) rings is 1. The molecule has 9 nitrogen and oxygen atoms in total. The van der Waals surface area contributed by atoms with Crippen LogP contribution >= 0.6 is 23.1 Å². The molecular formula is C28H38N4O5S2+2. The Hall–Kier alpha value is -2.02. The van der Waals surface area contributed by atoms with Crippen molar-refractivity contribution in [1.29, 1.82) is 0 Å². The molecular weight excluding hydrogens is 536 g/mol. The Kier molecular flexibility index (Phi) is 7.04. The third-order valence-electron chi connectivity index (χ3n) is 9.90. The number of aromatic nitrogens is 1. The van der Waals surface area contributed by atoms with Crippen molar-refractivity contribution in [2.45, 2.75) is 36.8 Å². The Bertz CT molecular complexity index is 1320. The van der Waals surface area contributed by atoms with Crippen molar-refractivity contribution in [1.82, 2.24) is 9.88 Å². The molecule has 0 radical (unpaired) electrons. The predicted octanol–water partition coefficient (Wildman–Crippen LogP) is 1.78. The van der Waals surface area contributed by atoms with E-state index < -0.39 is 18.0 Å². The van der Waals surface area contributed by atoms with Crippen LogP contribution in [0.2, 0.25) is 0 Å². The van der Waals surface area contributed by atoms with Crippen LogP contribution in [0.25, 0.3) is 10.2 Å². The molecule has 2 aromatic rings. The molecule has 0 spiro atoms. The van der Waals surface area contributed by atoms with Gasteiger partial charge in [-0.15, -0.1) is 11.3 Å². The summed E-state index contributed by atoms with van der Waals surface area (Å²) in [5, 5.41) is 29.4. The van der Waals surface area contributed by atoms with Crippen molar-refractivity contribution in [3.8, 4) is 0 Å². The molecule has 7 rings (SSSR count). The van der Waals surface area contributed by atoms with Gasteiger partial charge < -0.3 is 29.2 Å². The zero-order valence-electron chi connectivity index (χ0n) is 22.6. The minimum Gasteiger partial charge on any atom is -0.477 e. The predicted molar refractivity (Wildman–Crippen MR) is 150 cm³/mol. The summed E-state index contributed by atoms with van der Waals surface area (Å²) in [6.07, 6.45) is 0.230. The number of piperazine rings is 3. The number of carboxylic acids is 1. The summed E-state index contributed by atoms with van der Waals surface area (Å²) < 4.78 is 4.31. The fourth-order valence-corrected chi connectivity index (χ4v) is 9.54.